The van der Waals surface area contributed by atoms with E-state index < -0.39 is 0 Å². The molecule has 0 amide bonds. The van der Waals surface area contributed by atoms with Crippen LogP contribution in [0.4, 0.5) is 51.2 Å². The standard InChI is InChI=1S/C94H108BN3O/c1-85(2,3)63-49-64(86(4,5)6)51-68(50-63)97-78-57-75-74(90(13,14)46-47-91(75,15)16)56-77(78)95-82-79(97)53-69(96(65-37-33-61(34-38-65)93(19,20)59-29-25-23-26-30-59)66-39-35-62(36-40-66)94(21,22)60-31-27-24-28-32-60)54-80(82)98(67-41-42-71-72(52-67)88(9,10)44-43-87(71,7)8)83-70-55-73-76(58-81(70)99-84(83)95)92(17,18)48-45-89(73,11)12/h23-42,49-58H,43-48H2,1-22H3. The first-order valence-corrected chi connectivity index (χ1v) is 37.3. The molecule has 3 heterocycles. The third-order valence-electron chi connectivity index (χ3n) is 25.5. The predicted octanol–water partition coefficient (Wildman–Crippen LogP) is 24.3. The van der Waals surface area contributed by atoms with Crippen LogP contribution in [0.25, 0.3) is 11.0 Å². The van der Waals surface area contributed by atoms with Crippen molar-refractivity contribution in [2.24, 2.45) is 0 Å². The maximum atomic E-state index is 8.05. The number of anilines is 9. The number of nitrogens with zero attached hydrogens (tertiary/aromatic N) is 3. The summed E-state index contributed by atoms with van der Waals surface area (Å²) in [5.41, 5.74) is 30.4. The third kappa shape index (κ3) is 10.8. The monoisotopic (exact) mass is 1310 g/mol. The number of hydrogen-bond acceptors (Lipinski definition) is 4. The molecule has 9 aromatic carbocycles. The molecule has 0 N–H and O–H groups in total. The van der Waals surface area contributed by atoms with Crippen LogP contribution in [-0.2, 0) is 54.1 Å². The zero-order chi connectivity index (χ0) is 70.5. The Bertz CT molecular complexity index is 4730. The average Bonchev–Trinajstić information content (AvgIpc) is 1.67. The van der Waals surface area contributed by atoms with Gasteiger partial charge in [-0.2, -0.15) is 0 Å². The van der Waals surface area contributed by atoms with Gasteiger partial charge in [0.15, 0.2) is 0 Å². The molecule has 0 saturated heterocycles. The minimum absolute atomic E-state index is 0.0225. The molecule has 0 radical (unpaired) electrons. The van der Waals surface area contributed by atoms with Crippen LogP contribution in [0.2, 0.25) is 0 Å². The molecule has 0 unspecified atom stereocenters. The fourth-order valence-electron chi connectivity index (χ4n) is 18.1. The Hall–Kier alpha value is -8.02. The first-order valence-electron chi connectivity index (χ1n) is 37.3. The predicted molar refractivity (Wildman–Crippen MR) is 425 cm³/mol. The quantitative estimate of drug-likeness (QED) is 0.134. The molecule has 0 atom stereocenters. The van der Waals surface area contributed by atoms with Crippen LogP contribution < -0.4 is 31.3 Å². The Kier molecular flexibility index (Phi) is 15.0. The van der Waals surface area contributed by atoms with E-state index in [1.165, 1.54) is 112 Å². The average molecular weight is 1310 g/mol. The largest absolute Gasteiger partial charge is 0.468 e. The number of benzene rings is 9. The van der Waals surface area contributed by atoms with E-state index >= 15 is 0 Å². The van der Waals surface area contributed by atoms with E-state index in [0.29, 0.717) is 0 Å². The van der Waals surface area contributed by atoms with Crippen molar-refractivity contribution in [2.75, 3.05) is 14.7 Å². The fraction of sp³-hybridized carbons (Fsp3) is 0.404. The van der Waals surface area contributed by atoms with Gasteiger partial charge in [0.2, 0.25) is 0 Å². The number of hydrogen-bond donors (Lipinski definition) is 0. The lowest BCUT2D eigenvalue weighted by Gasteiger charge is -2.47. The van der Waals surface area contributed by atoms with Crippen LogP contribution in [0.5, 0.6) is 0 Å². The van der Waals surface area contributed by atoms with Crippen molar-refractivity contribution in [1.82, 2.24) is 0 Å². The first-order chi connectivity index (χ1) is 46.3. The Morgan fingerprint density at radius 2 is 0.747 bits per heavy atom. The Balaban J connectivity index is 1.11. The Labute approximate surface area is 594 Å². The van der Waals surface area contributed by atoms with Crippen molar-refractivity contribution in [2.45, 2.75) is 245 Å². The summed E-state index contributed by atoms with van der Waals surface area (Å²) < 4.78 is 8.05. The van der Waals surface area contributed by atoms with Crippen LogP contribution in [0.1, 0.15) is 258 Å². The van der Waals surface area contributed by atoms with E-state index in [1.54, 1.807) is 0 Å². The molecule has 0 fully saturated rings. The molecule has 1 aromatic heterocycles. The van der Waals surface area contributed by atoms with Crippen molar-refractivity contribution in [3.8, 4) is 0 Å². The Morgan fingerprint density at radius 1 is 0.343 bits per heavy atom. The van der Waals surface area contributed by atoms with Gasteiger partial charge in [0.1, 0.15) is 5.58 Å². The smallest absolute Gasteiger partial charge is 0.297 e. The van der Waals surface area contributed by atoms with E-state index in [-0.39, 0.29) is 60.9 Å². The van der Waals surface area contributed by atoms with E-state index in [4.69, 9.17) is 4.42 Å². The normalized spacial score (nSPS) is 18.4. The highest BCUT2D eigenvalue weighted by atomic mass is 16.3. The second-order valence-corrected chi connectivity index (χ2v) is 37.9. The minimum atomic E-state index is -0.258. The molecule has 508 valence electrons. The maximum absolute atomic E-state index is 8.05. The molecule has 5 aliphatic rings. The van der Waals surface area contributed by atoms with Gasteiger partial charge < -0.3 is 19.1 Å². The van der Waals surface area contributed by atoms with Gasteiger partial charge in [0.25, 0.3) is 6.71 Å². The highest BCUT2D eigenvalue weighted by molar-refractivity contribution is 7.00. The lowest BCUT2D eigenvalue weighted by molar-refractivity contribution is 0.332. The molecule has 0 saturated carbocycles. The molecule has 99 heavy (non-hydrogen) atoms. The van der Waals surface area contributed by atoms with Crippen LogP contribution in [0, 0.1) is 0 Å². The number of fused-ring (bicyclic) bond motifs is 9. The summed E-state index contributed by atoms with van der Waals surface area (Å²) >= 11 is 0. The van der Waals surface area contributed by atoms with E-state index in [1.807, 2.05) is 0 Å². The van der Waals surface area contributed by atoms with E-state index in [2.05, 4.69) is 349 Å². The fourth-order valence-corrected chi connectivity index (χ4v) is 18.1. The van der Waals surface area contributed by atoms with Gasteiger partial charge in [-0.3, -0.25) is 0 Å². The summed E-state index contributed by atoms with van der Waals surface area (Å²) in [6, 6.07) is 71.9. The summed E-state index contributed by atoms with van der Waals surface area (Å²) in [5.74, 6) is 0. The second-order valence-electron chi connectivity index (χ2n) is 37.9. The van der Waals surface area contributed by atoms with Crippen molar-refractivity contribution in [1.29, 1.82) is 0 Å². The maximum Gasteiger partial charge on any atom is 0.297 e. The van der Waals surface area contributed by atoms with Gasteiger partial charge in [0.05, 0.1) is 17.0 Å². The lowest BCUT2D eigenvalue weighted by atomic mass is 9.35. The van der Waals surface area contributed by atoms with E-state index in [9.17, 15) is 0 Å². The highest BCUT2D eigenvalue weighted by Gasteiger charge is 2.51. The van der Waals surface area contributed by atoms with Gasteiger partial charge >= 0.3 is 0 Å². The van der Waals surface area contributed by atoms with Crippen molar-refractivity contribution in [3.05, 3.63) is 249 Å². The highest BCUT2D eigenvalue weighted by Crippen LogP contribution is 2.57. The van der Waals surface area contributed by atoms with Gasteiger partial charge in [-0.25, -0.2) is 0 Å². The molecule has 0 spiro atoms. The third-order valence-corrected chi connectivity index (χ3v) is 25.5. The molecular weight excluding hydrogens is 1200 g/mol. The Morgan fingerprint density at radius 3 is 1.21 bits per heavy atom. The number of furan rings is 1. The zero-order valence-corrected chi connectivity index (χ0v) is 63.9. The van der Waals surface area contributed by atoms with Crippen LogP contribution in [0.15, 0.2) is 186 Å². The summed E-state index contributed by atoms with van der Waals surface area (Å²) in [7, 11) is 0. The summed E-state index contributed by atoms with van der Waals surface area (Å²) in [6.45, 7) is 53.3. The van der Waals surface area contributed by atoms with E-state index in [0.717, 1.165) is 72.5 Å². The van der Waals surface area contributed by atoms with Gasteiger partial charge in [-0.05, 0) is 238 Å². The van der Waals surface area contributed by atoms with Crippen molar-refractivity contribution in [3.63, 3.8) is 0 Å². The molecule has 5 heteroatoms. The SMILES string of the molecule is CC(C)(C)c1cc(N2c3cc4c(cc3B3c5oc6cc7c(cc6c5N(c5ccc6c(c5)C(C)(C)CCC6(C)C)c5cc(N(c6ccc(C(C)(C)c8ccccc8)cc6)c6ccc(C(C)(C)c8ccccc8)cc6)cc2c53)C(C)(C)CCC7(C)C)C(C)(C)CCC4(C)C)cc(C(C)(C)C)c1. The van der Waals surface area contributed by atoms with Crippen LogP contribution in [0.3, 0.4) is 0 Å². The summed E-state index contributed by atoms with van der Waals surface area (Å²) in [5, 5.41) is 1.19. The minimum Gasteiger partial charge on any atom is -0.468 e. The van der Waals surface area contributed by atoms with Gasteiger partial charge in [0, 0.05) is 56.0 Å². The molecule has 2 aliphatic heterocycles. The van der Waals surface area contributed by atoms with Crippen LogP contribution in [-0.4, -0.2) is 6.71 Å². The van der Waals surface area contributed by atoms with Crippen LogP contribution >= 0.6 is 0 Å². The zero-order valence-electron chi connectivity index (χ0n) is 63.9. The topological polar surface area (TPSA) is 22.9 Å². The first kappa shape index (κ1) is 66.8. The molecule has 15 rings (SSSR count). The molecule has 3 aliphatic carbocycles. The summed E-state index contributed by atoms with van der Waals surface area (Å²) in [6.07, 6.45) is 6.73. The summed E-state index contributed by atoms with van der Waals surface area (Å²) in [4.78, 5) is 8.02. The molecular formula is C94H108BN3O. The van der Waals surface area contributed by atoms with Gasteiger partial charge in [-0.1, -0.05) is 255 Å². The van der Waals surface area contributed by atoms with Crippen molar-refractivity contribution < 1.29 is 4.42 Å². The van der Waals surface area contributed by atoms with Gasteiger partial charge in [-0.15, -0.1) is 0 Å². The van der Waals surface area contributed by atoms with Crippen molar-refractivity contribution >= 4 is 85.5 Å². The molecule has 10 aromatic rings. The molecule has 0 bridgehead atoms. The molecule has 4 nitrogen and oxygen atoms in total. The lowest BCUT2D eigenvalue weighted by Crippen LogP contribution is -2.61. The second kappa shape index (κ2) is 22.2. The number of rotatable bonds is 9.